The van der Waals surface area contributed by atoms with Gasteiger partial charge in [0.1, 0.15) is 11.9 Å². The Morgan fingerprint density at radius 2 is 1.86 bits per heavy atom. The molecule has 0 aliphatic carbocycles. The molecule has 1 aliphatic heterocycles. The maximum Gasteiger partial charge on any atom is 0.332 e. The zero-order valence-corrected chi connectivity index (χ0v) is 20.4. The molecule has 0 aromatic carbocycles. The third kappa shape index (κ3) is 3.91. The molecule has 36 heavy (non-hydrogen) atoms. The van der Waals surface area contributed by atoms with E-state index >= 15 is 0 Å². The van der Waals surface area contributed by atoms with Gasteiger partial charge in [-0.1, -0.05) is 0 Å². The summed E-state index contributed by atoms with van der Waals surface area (Å²) in [6.07, 6.45) is 8.51. The van der Waals surface area contributed by atoms with Crippen molar-refractivity contribution in [2.24, 2.45) is 14.1 Å². The third-order valence-electron chi connectivity index (χ3n) is 6.58. The lowest BCUT2D eigenvalue weighted by atomic mass is 10.2. The second-order valence-electron chi connectivity index (χ2n) is 8.92. The maximum absolute atomic E-state index is 13.0. The quantitative estimate of drug-likeness (QED) is 0.430. The van der Waals surface area contributed by atoms with Crippen LogP contribution < -0.4 is 21.5 Å². The Balaban J connectivity index is 1.37. The molecule has 1 saturated heterocycles. The predicted molar refractivity (Wildman–Crippen MR) is 133 cm³/mol. The Kier molecular flexibility index (Phi) is 5.82. The number of hydrogen-bond acceptors (Lipinski definition) is 9. The number of hydrogen-bond donors (Lipinski definition) is 1. The fraction of sp³-hybridized carbons (Fsp3) is 0.391. The zero-order valence-electron chi connectivity index (χ0n) is 20.4. The van der Waals surface area contributed by atoms with Gasteiger partial charge in [-0.25, -0.2) is 29.7 Å². The lowest BCUT2D eigenvalue weighted by Crippen LogP contribution is -2.38. The summed E-state index contributed by atoms with van der Waals surface area (Å²) in [6.45, 7) is 4.73. The zero-order chi connectivity index (χ0) is 25.6. The van der Waals surface area contributed by atoms with Crippen LogP contribution in [0.2, 0.25) is 0 Å². The monoisotopic (exact) mass is 490 g/mol. The van der Waals surface area contributed by atoms with Crippen LogP contribution in [0.4, 0.5) is 11.8 Å². The molecular weight excluding hydrogens is 464 g/mol. The molecule has 1 aliphatic rings. The largest absolute Gasteiger partial charge is 0.338 e. The predicted octanol–water partition coefficient (Wildman–Crippen LogP) is 0.869. The van der Waals surface area contributed by atoms with Crippen LogP contribution in [0.25, 0.3) is 22.6 Å². The second-order valence-corrected chi connectivity index (χ2v) is 8.92. The molecule has 13 heteroatoms. The molecule has 5 rings (SSSR count). The van der Waals surface area contributed by atoms with Gasteiger partial charge in [0, 0.05) is 45.3 Å². The summed E-state index contributed by atoms with van der Waals surface area (Å²) in [7, 11) is 2.91. The lowest BCUT2D eigenvalue weighted by molar-refractivity contribution is -0.118. The molecule has 4 aromatic heterocycles. The van der Waals surface area contributed by atoms with Gasteiger partial charge in [0.25, 0.3) is 5.56 Å². The Labute approximate surface area is 205 Å². The summed E-state index contributed by atoms with van der Waals surface area (Å²) in [4.78, 5) is 62.0. The van der Waals surface area contributed by atoms with E-state index in [4.69, 9.17) is 0 Å². The standard InChI is InChI=1S/C23H26N10O3/c1-13-6-5-9-32(13)22-25-10-15(11-26-22)18-24-8-7-16(28-18)29-20(34)14(2)33-12-27-19-17(33)21(35)31(4)23(36)30(19)3/h7-8,10-14H,5-6,9H2,1-4H3,(H,24,28,29,34)/t13-,14-/m1/s1. The minimum atomic E-state index is -0.802. The summed E-state index contributed by atoms with van der Waals surface area (Å²) in [6, 6.07) is 1.18. The Morgan fingerprint density at radius 1 is 1.11 bits per heavy atom. The highest BCUT2D eigenvalue weighted by Crippen LogP contribution is 2.23. The Hall–Kier alpha value is -4.42. The number of aromatic nitrogens is 8. The van der Waals surface area contributed by atoms with E-state index in [1.165, 1.54) is 35.8 Å². The topological polar surface area (TPSA) is 146 Å². The van der Waals surface area contributed by atoms with Crippen LogP contribution in [0, 0.1) is 0 Å². The minimum absolute atomic E-state index is 0.162. The molecule has 0 unspecified atom stereocenters. The number of carbonyl (C=O) groups is 1. The molecule has 186 valence electrons. The van der Waals surface area contributed by atoms with Gasteiger partial charge in [0.15, 0.2) is 17.0 Å². The number of imidazole rings is 1. The average Bonchev–Trinajstić information content (AvgIpc) is 3.52. The second kappa shape index (κ2) is 8.98. The van der Waals surface area contributed by atoms with Crippen LogP contribution >= 0.6 is 0 Å². The van der Waals surface area contributed by atoms with Gasteiger partial charge >= 0.3 is 5.69 Å². The van der Waals surface area contributed by atoms with Gasteiger partial charge in [0.2, 0.25) is 11.9 Å². The van der Waals surface area contributed by atoms with E-state index in [1.807, 2.05) is 0 Å². The van der Waals surface area contributed by atoms with Gasteiger partial charge in [-0.05, 0) is 32.8 Å². The molecule has 1 amide bonds. The molecular formula is C23H26N10O3. The van der Waals surface area contributed by atoms with Crippen molar-refractivity contribution in [1.82, 2.24) is 38.6 Å². The van der Waals surface area contributed by atoms with E-state index in [0.29, 0.717) is 29.2 Å². The molecule has 1 N–H and O–H groups in total. The van der Waals surface area contributed by atoms with Crippen molar-refractivity contribution in [2.75, 3.05) is 16.8 Å². The van der Waals surface area contributed by atoms with E-state index in [2.05, 4.69) is 42.1 Å². The third-order valence-corrected chi connectivity index (χ3v) is 6.58. The molecule has 13 nitrogen and oxygen atoms in total. The van der Waals surface area contributed by atoms with Crippen molar-refractivity contribution in [1.29, 1.82) is 0 Å². The van der Waals surface area contributed by atoms with Crippen LogP contribution in [0.15, 0.2) is 40.6 Å². The number of rotatable bonds is 5. The molecule has 0 bridgehead atoms. The summed E-state index contributed by atoms with van der Waals surface area (Å²) in [5, 5.41) is 2.76. The van der Waals surface area contributed by atoms with Crippen LogP contribution in [-0.4, -0.2) is 57.1 Å². The highest BCUT2D eigenvalue weighted by atomic mass is 16.2. The van der Waals surface area contributed by atoms with E-state index in [9.17, 15) is 14.4 Å². The van der Waals surface area contributed by atoms with Crippen LogP contribution in [0.3, 0.4) is 0 Å². The first kappa shape index (κ1) is 23.3. The molecule has 5 heterocycles. The molecule has 2 atom stereocenters. The van der Waals surface area contributed by atoms with Crippen molar-refractivity contribution < 1.29 is 4.79 Å². The number of carbonyl (C=O) groups excluding carboxylic acids is 1. The number of amides is 1. The van der Waals surface area contributed by atoms with Gasteiger partial charge in [-0.2, -0.15) is 0 Å². The molecule has 4 aromatic rings. The average molecular weight is 491 g/mol. The van der Waals surface area contributed by atoms with Crippen LogP contribution in [-0.2, 0) is 18.9 Å². The number of nitrogens with zero attached hydrogens (tertiary/aromatic N) is 9. The summed E-state index contributed by atoms with van der Waals surface area (Å²) < 4.78 is 3.70. The summed E-state index contributed by atoms with van der Waals surface area (Å²) in [5.41, 5.74) is -0.0227. The van der Waals surface area contributed by atoms with E-state index < -0.39 is 23.2 Å². The Bertz CT molecular complexity index is 1570. The lowest BCUT2D eigenvalue weighted by Gasteiger charge is -2.20. The summed E-state index contributed by atoms with van der Waals surface area (Å²) in [5.74, 6) is 0.931. The Morgan fingerprint density at radius 3 is 2.56 bits per heavy atom. The number of fused-ring (bicyclic) bond motifs is 1. The van der Waals surface area contributed by atoms with Crippen molar-refractivity contribution in [3.63, 3.8) is 0 Å². The van der Waals surface area contributed by atoms with E-state index in [0.717, 1.165) is 24.0 Å². The number of nitrogens with one attached hydrogen (secondary N) is 1. The highest BCUT2D eigenvalue weighted by Gasteiger charge is 2.24. The highest BCUT2D eigenvalue weighted by molar-refractivity contribution is 5.93. The molecule has 0 spiro atoms. The van der Waals surface area contributed by atoms with Crippen LogP contribution in [0.1, 0.15) is 32.7 Å². The normalized spacial score (nSPS) is 16.4. The van der Waals surface area contributed by atoms with Gasteiger partial charge in [-0.15, -0.1) is 0 Å². The van der Waals surface area contributed by atoms with Crippen molar-refractivity contribution in [3.05, 3.63) is 51.8 Å². The van der Waals surface area contributed by atoms with Crippen molar-refractivity contribution in [3.8, 4) is 11.4 Å². The summed E-state index contributed by atoms with van der Waals surface area (Å²) >= 11 is 0. The fourth-order valence-corrected chi connectivity index (χ4v) is 4.40. The van der Waals surface area contributed by atoms with E-state index in [-0.39, 0.29) is 11.2 Å². The maximum atomic E-state index is 13.0. The van der Waals surface area contributed by atoms with Crippen molar-refractivity contribution >= 4 is 28.8 Å². The first-order valence-corrected chi connectivity index (χ1v) is 11.6. The van der Waals surface area contributed by atoms with Gasteiger partial charge in [0.05, 0.1) is 11.9 Å². The molecule has 0 radical (unpaired) electrons. The first-order valence-electron chi connectivity index (χ1n) is 11.6. The molecule has 1 fully saturated rings. The fourth-order valence-electron chi connectivity index (χ4n) is 4.40. The van der Waals surface area contributed by atoms with Gasteiger partial charge < -0.3 is 14.8 Å². The first-order chi connectivity index (χ1) is 17.3. The van der Waals surface area contributed by atoms with Crippen molar-refractivity contribution in [2.45, 2.75) is 38.8 Å². The SMILES string of the molecule is C[C@@H]1CCCN1c1ncc(-c2nccc(NC(=O)[C@@H](C)n3cnc4c3c(=O)n(C)c(=O)n4C)n2)cn1. The number of aryl methyl sites for hydroxylation is 1. The van der Waals surface area contributed by atoms with Gasteiger partial charge in [-0.3, -0.25) is 18.7 Å². The smallest absolute Gasteiger partial charge is 0.332 e. The molecule has 0 saturated carbocycles. The number of anilines is 2. The van der Waals surface area contributed by atoms with E-state index in [1.54, 1.807) is 25.4 Å². The van der Waals surface area contributed by atoms with Crippen LogP contribution in [0.5, 0.6) is 0 Å². The minimum Gasteiger partial charge on any atom is -0.338 e.